The molecule has 0 fully saturated rings. The number of esters is 1. The zero-order valence-corrected chi connectivity index (χ0v) is 12.0. The van der Waals surface area contributed by atoms with Gasteiger partial charge in [0.05, 0.1) is 0 Å². The molecule has 0 heterocycles. The van der Waals surface area contributed by atoms with Crippen molar-refractivity contribution in [2.75, 3.05) is 5.75 Å². The summed E-state index contributed by atoms with van der Waals surface area (Å²) in [6, 6.07) is 0. The van der Waals surface area contributed by atoms with Gasteiger partial charge in [0, 0.05) is 6.92 Å². The average molecular weight is 278 g/mol. The molecular formula is C11H18O6S. The molecule has 1 atom stereocenters. The van der Waals surface area contributed by atoms with Gasteiger partial charge < -0.3 is 14.2 Å². The highest BCUT2D eigenvalue weighted by Gasteiger charge is 2.28. The molecule has 0 saturated carbocycles. The van der Waals surface area contributed by atoms with Crippen LogP contribution in [-0.4, -0.2) is 34.9 Å². The van der Waals surface area contributed by atoms with Crippen LogP contribution in [0, 0.1) is 0 Å². The van der Waals surface area contributed by atoms with Crippen LogP contribution in [0.3, 0.4) is 0 Å². The second-order valence-electron chi connectivity index (χ2n) is 4.28. The van der Waals surface area contributed by atoms with Gasteiger partial charge in [0.1, 0.15) is 5.60 Å². The molecule has 0 amide bonds. The number of ether oxygens (including phenoxy) is 3. The van der Waals surface area contributed by atoms with Crippen molar-refractivity contribution in [3.63, 3.8) is 0 Å². The van der Waals surface area contributed by atoms with E-state index in [4.69, 9.17) is 4.74 Å². The summed E-state index contributed by atoms with van der Waals surface area (Å²) in [6.07, 6.45) is -2.62. The lowest BCUT2D eigenvalue weighted by Crippen LogP contribution is -2.33. The van der Waals surface area contributed by atoms with Gasteiger partial charge in [-0.2, -0.15) is 0 Å². The summed E-state index contributed by atoms with van der Waals surface area (Å²) >= 11 is 0.892. The highest BCUT2D eigenvalue weighted by atomic mass is 32.2. The lowest BCUT2D eigenvalue weighted by molar-refractivity contribution is -0.174. The SMILES string of the molecule is CCSC(=O)C(OC(C)=O)OC(=O)OC(C)(C)C. The zero-order valence-electron chi connectivity index (χ0n) is 11.1. The molecule has 6 nitrogen and oxygen atoms in total. The fraction of sp³-hybridized carbons (Fsp3) is 0.727. The van der Waals surface area contributed by atoms with E-state index in [1.807, 2.05) is 0 Å². The van der Waals surface area contributed by atoms with Crippen LogP contribution in [0.15, 0.2) is 0 Å². The normalized spacial score (nSPS) is 12.5. The van der Waals surface area contributed by atoms with Gasteiger partial charge >= 0.3 is 18.4 Å². The Morgan fingerprint density at radius 2 is 1.72 bits per heavy atom. The Morgan fingerprint density at radius 1 is 1.17 bits per heavy atom. The lowest BCUT2D eigenvalue weighted by Gasteiger charge is -2.21. The van der Waals surface area contributed by atoms with Crippen LogP contribution in [0.25, 0.3) is 0 Å². The van der Waals surface area contributed by atoms with E-state index in [9.17, 15) is 14.4 Å². The maximum absolute atomic E-state index is 11.5. The minimum Gasteiger partial charge on any atom is -0.428 e. The van der Waals surface area contributed by atoms with Crippen molar-refractivity contribution in [2.24, 2.45) is 0 Å². The smallest absolute Gasteiger partial charge is 0.428 e. The van der Waals surface area contributed by atoms with E-state index < -0.39 is 29.1 Å². The van der Waals surface area contributed by atoms with Crippen molar-refractivity contribution in [1.82, 2.24) is 0 Å². The minimum atomic E-state index is -1.57. The molecular weight excluding hydrogens is 260 g/mol. The van der Waals surface area contributed by atoms with E-state index in [2.05, 4.69) is 9.47 Å². The van der Waals surface area contributed by atoms with Crippen LogP contribution in [0.2, 0.25) is 0 Å². The van der Waals surface area contributed by atoms with Crippen LogP contribution in [0.5, 0.6) is 0 Å². The number of hydrogen-bond donors (Lipinski definition) is 0. The first-order valence-corrected chi connectivity index (χ1v) is 6.37. The number of thioether (sulfide) groups is 1. The molecule has 7 heteroatoms. The van der Waals surface area contributed by atoms with Crippen LogP contribution < -0.4 is 0 Å². The van der Waals surface area contributed by atoms with Crippen molar-refractivity contribution in [3.05, 3.63) is 0 Å². The van der Waals surface area contributed by atoms with Gasteiger partial charge in [0.15, 0.2) is 0 Å². The largest absolute Gasteiger partial charge is 0.512 e. The Bertz CT molecular complexity index is 320. The van der Waals surface area contributed by atoms with Gasteiger partial charge in [0.2, 0.25) is 0 Å². The van der Waals surface area contributed by atoms with Crippen molar-refractivity contribution in [3.8, 4) is 0 Å². The summed E-state index contributed by atoms with van der Waals surface area (Å²) in [7, 11) is 0. The molecule has 1 unspecified atom stereocenters. The lowest BCUT2D eigenvalue weighted by atomic mass is 10.2. The van der Waals surface area contributed by atoms with Gasteiger partial charge in [0.25, 0.3) is 5.12 Å². The summed E-state index contributed by atoms with van der Waals surface area (Å²) in [4.78, 5) is 33.7. The third kappa shape index (κ3) is 7.94. The maximum Gasteiger partial charge on any atom is 0.512 e. The van der Waals surface area contributed by atoms with Gasteiger partial charge in [-0.25, -0.2) is 4.79 Å². The van der Waals surface area contributed by atoms with E-state index in [0.717, 1.165) is 18.7 Å². The molecule has 0 spiro atoms. The molecule has 0 rings (SSSR count). The van der Waals surface area contributed by atoms with E-state index in [-0.39, 0.29) is 0 Å². The van der Waals surface area contributed by atoms with E-state index in [0.29, 0.717) is 5.75 Å². The molecule has 0 aromatic carbocycles. The van der Waals surface area contributed by atoms with E-state index in [1.54, 1.807) is 27.7 Å². The standard InChI is InChI=1S/C11H18O6S/c1-6-18-8(13)9(15-7(2)12)16-10(14)17-11(3,4)5/h9H,6H2,1-5H3. The Kier molecular flexibility index (Phi) is 6.75. The van der Waals surface area contributed by atoms with Crippen molar-refractivity contribution in [1.29, 1.82) is 0 Å². The quantitative estimate of drug-likeness (QED) is 0.575. The summed E-state index contributed by atoms with van der Waals surface area (Å²) in [5.41, 5.74) is -0.751. The molecule has 0 aliphatic rings. The number of carbonyl (C=O) groups is 3. The molecule has 0 aromatic rings. The van der Waals surface area contributed by atoms with Crippen LogP contribution in [0.4, 0.5) is 4.79 Å². The zero-order chi connectivity index (χ0) is 14.3. The highest BCUT2D eigenvalue weighted by Crippen LogP contribution is 2.14. The molecule has 0 aliphatic carbocycles. The molecule has 0 N–H and O–H groups in total. The first kappa shape index (κ1) is 16.8. The highest BCUT2D eigenvalue weighted by molar-refractivity contribution is 8.13. The molecule has 0 saturated heterocycles. The minimum absolute atomic E-state index is 0.480. The Hall–Kier alpha value is -1.24. The number of hydrogen-bond acceptors (Lipinski definition) is 7. The predicted molar refractivity (Wildman–Crippen MR) is 66.0 cm³/mol. The van der Waals surface area contributed by atoms with Crippen LogP contribution in [-0.2, 0) is 23.8 Å². The third-order valence-corrected chi connectivity index (χ3v) is 2.11. The summed E-state index contributed by atoms with van der Waals surface area (Å²) in [5, 5.41) is -0.557. The molecule has 0 aromatic heterocycles. The topological polar surface area (TPSA) is 78.9 Å². The first-order valence-electron chi connectivity index (χ1n) is 5.39. The summed E-state index contributed by atoms with van der Waals surface area (Å²) in [6.45, 7) is 7.82. The predicted octanol–water partition coefficient (Wildman–Crippen LogP) is 2.11. The molecule has 18 heavy (non-hydrogen) atoms. The Balaban J connectivity index is 4.54. The van der Waals surface area contributed by atoms with Gasteiger partial charge in [-0.3, -0.25) is 9.59 Å². The van der Waals surface area contributed by atoms with Gasteiger partial charge in [-0.1, -0.05) is 18.7 Å². The Morgan fingerprint density at radius 3 is 2.11 bits per heavy atom. The fourth-order valence-corrected chi connectivity index (χ4v) is 1.36. The second-order valence-corrected chi connectivity index (χ2v) is 5.54. The average Bonchev–Trinajstić information content (AvgIpc) is 2.13. The fourth-order valence-electron chi connectivity index (χ4n) is 0.843. The van der Waals surface area contributed by atoms with Crippen LogP contribution in [0.1, 0.15) is 34.6 Å². The van der Waals surface area contributed by atoms with E-state index >= 15 is 0 Å². The molecule has 104 valence electrons. The van der Waals surface area contributed by atoms with Crippen molar-refractivity contribution >= 4 is 29.0 Å². The van der Waals surface area contributed by atoms with Crippen molar-refractivity contribution in [2.45, 2.75) is 46.5 Å². The molecule has 0 aliphatic heterocycles. The second kappa shape index (κ2) is 7.25. The third-order valence-electron chi connectivity index (χ3n) is 1.34. The van der Waals surface area contributed by atoms with Gasteiger partial charge in [-0.15, -0.1) is 0 Å². The first-order chi connectivity index (χ1) is 8.15. The Labute approximate surface area is 110 Å². The summed E-state index contributed by atoms with van der Waals surface area (Å²) in [5.74, 6) is -0.234. The van der Waals surface area contributed by atoms with Crippen LogP contribution >= 0.6 is 11.8 Å². The van der Waals surface area contributed by atoms with Gasteiger partial charge in [-0.05, 0) is 26.5 Å². The summed E-state index contributed by atoms with van der Waals surface area (Å²) < 4.78 is 14.2. The monoisotopic (exact) mass is 278 g/mol. The van der Waals surface area contributed by atoms with E-state index in [1.165, 1.54) is 0 Å². The number of rotatable bonds is 4. The molecule has 0 radical (unpaired) electrons. The van der Waals surface area contributed by atoms with Crippen molar-refractivity contribution < 1.29 is 28.6 Å². The maximum atomic E-state index is 11.5. The molecule has 0 bridgehead atoms. The number of carbonyl (C=O) groups excluding carboxylic acids is 3.